The third-order valence-electron chi connectivity index (χ3n) is 2.79. The molecule has 1 aromatic heterocycles. The van der Waals surface area contributed by atoms with E-state index in [2.05, 4.69) is 5.10 Å². The van der Waals surface area contributed by atoms with Crippen LogP contribution in [-0.2, 0) is 6.18 Å². The summed E-state index contributed by atoms with van der Waals surface area (Å²) in [6.07, 6.45) is -4.42. The quantitative estimate of drug-likeness (QED) is 0.893. The van der Waals surface area contributed by atoms with Gasteiger partial charge in [-0.1, -0.05) is 19.9 Å². The molecular weight excluding hydrogens is 257 g/mol. The van der Waals surface area contributed by atoms with Crippen LogP contribution in [0.15, 0.2) is 35.1 Å². The summed E-state index contributed by atoms with van der Waals surface area (Å²) < 4.78 is 39.0. The fraction of sp³-hybridized carbons (Fsp3) is 0.308. The summed E-state index contributed by atoms with van der Waals surface area (Å²) in [5, 5.41) is 2.81. The first kappa shape index (κ1) is 13.5. The number of hydrogen-bond acceptors (Lipinski definition) is 1. The van der Waals surface area contributed by atoms with Gasteiger partial charge < -0.3 is 0 Å². The molecular formula is C13H13F3N2O. The number of hydrogen-bond donors (Lipinski definition) is 1. The van der Waals surface area contributed by atoms with Crippen molar-refractivity contribution in [3.8, 4) is 5.69 Å². The first-order valence-electron chi connectivity index (χ1n) is 5.78. The Balaban J connectivity index is 2.51. The number of rotatable bonds is 2. The molecule has 0 aliphatic carbocycles. The molecule has 0 radical (unpaired) electrons. The molecule has 19 heavy (non-hydrogen) atoms. The van der Waals surface area contributed by atoms with Gasteiger partial charge in [-0.2, -0.15) is 13.2 Å². The van der Waals surface area contributed by atoms with Gasteiger partial charge in [0, 0.05) is 11.8 Å². The highest BCUT2D eigenvalue weighted by Gasteiger charge is 2.30. The number of halogens is 3. The third-order valence-corrected chi connectivity index (χ3v) is 2.79. The van der Waals surface area contributed by atoms with Gasteiger partial charge in [0.2, 0.25) is 0 Å². The lowest BCUT2D eigenvalue weighted by atomic mass is 10.1. The fourth-order valence-electron chi connectivity index (χ4n) is 1.72. The van der Waals surface area contributed by atoms with E-state index in [-0.39, 0.29) is 17.2 Å². The molecule has 0 saturated heterocycles. The van der Waals surface area contributed by atoms with Crippen molar-refractivity contribution in [2.45, 2.75) is 25.9 Å². The first-order chi connectivity index (χ1) is 8.79. The number of alkyl halides is 3. The summed E-state index contributed by atoms with van der Waals surface area (Å²) >= 11 is 0. The van der Waals surface area contributed by atoms with Crippen LogP contribution >= 0.6 is 0 Å². The van der Waals surface area contributed by atoms with Crippen molar-refractivity contribution < 1.29 is 13.2 Å². The van der Waals surface area contributed by atoms with E-state index in [1.165, 1.54) is 18.2 Å². The maximum absolute atomic E-state index is 12.6. The van der Waals surface area contributed by atoms with Gasteiger partial charge in [0.05, 0.1) is 11.3 Å². The largest absolute Gasteiger partial charge is 0.416 e. The van der Waals surface area contributed by atoms with Crippen molar-refractivity contribution in [1.29, 1.82) is 0 Å². The van der Waals surface area contributed by atoms with Crippen molar-refractivity contribution in [3.05, 3.63) is 51.9 Å². The number of nitrogens with zero attached hydrogens (tertiary/aromatic N) is 1. The van der Waals surface area contributed by atoms with E-state index in [0.717, 1.165) is 16.8 Å². The molecule has 1 N–H and O–H groups in total. The number of benzene rings is 1. The minimum absolute atomic E-state index is 0.0970. The van der Waals surface area contributed by atoms with Crippen LogP contribution in [0.25, 0.3) is 5.69 Å². The Kier molecular flexibility index (Phi) is 3.26. The van der Waals surface area contributed by atoms with Crippen molar-refractivity contribution >= 4 is 0 Å². The van der Waals surface area contributed by atoms with Gasteiger partial charge in [-0.25, -0.2) is 4.68 Å². The summed E-state index contributed by atoms with van der Waals surface area (Å²) in [5.41, 5.74) is -0.297. The lowest BCUT2D eigenvalue weighted by Gasteiger charge is -2.09. The van der Waals surface area contributed by atoms with Crippen LogP contribution in [0.3, 0.4) is 0 Å². The van der Waals surface area contributed by atoms with Crippen LogP contribution in [0.5, 0.6) is 0 Å². The highest BCUT2D eigenvalue weighted by Crippen LogP contribution is 2.30. The monoisotopic (exact) mass is 270 g/mol. The lowest BCUT2D eigenvalue weighted by molar-refractivity contribution is -0.137. The molecule has 2 rings (SSSR count). The molecule has 0 fully saturated rings. The molecule has 6 heteroatoms. The normalized spacial score (nSPS) is 12.1. The average Bonchev–Trinajstić information content (AvgIpc) is 2.71. The molecule has 0 amide bonds. The summed E-state index contributed by atoms with van der Waals surface area (Å²) in [6.45, 7) is 3.78. The zero-order valence-corrected chi connectivity index (χ0v) is 10.5. The Labute approximate surface area is 107 Å². The van der Waals surface area contributed by atoms with Crippen molar-refractivity contribution in [2.24, 2.45) is 0 Å². The first-order valence-corrected chi connectivity index (χ1v) is 5.78. The van der Waals surface area contributed by atoms with Gasteiger partial charge in [-0.05, 0) is 24.1 Å². The van der Waals surface area contributed by atoms with Crippen LogP contribution in [0, 0.1) is 0 Å². The molecule has 0 atom stereocenters. The van der Waals surface area contributed by atoms with E-state index in [1.54, 1.807) is 0 Å². The van der Waals surface area contributed by atoms with E-state index >= 15 is 0 Å². The lowest BCUT2D eigenvalue weighted by Crippen LogP contribution is -2.14. The Morgan fingerprint density at radius 2 is 1.89 bits per heavy atom. The topological polar surface area (TPSA) is 37.8 Å². The second-order valence-electron chi connectivity index (χ2n) is 4.59. The Hall–Kier alpha value is -1.98. The summed E-state index contributed by atoms with van der Waals surface area (Å²) in [6, 6.07) is 6.05. The highest BCUT2D eigenvalue weighted by molar-refractivity contribution is 5.36. The minimum atomic E-state index is -4.42. The van der Waals surface area contributed by atoms with Crippen LogP contribution in [-0.4, -0.2) is 9.78 Å². The minimum Gasteiger partial charge on any atom is -0.295 e. The van der Waals surface area contributed by atoms with Crippen LogP contribution in [0.4, 0.5) is 13.2 Å². The number of aromatic nitrogens is 2. The van der Waals surface area contributed by atoms with Gasteiger partial charge in [0.1, 0.15) is 0 Å². The van der Waals surface area contributed by atoms with Gasteiger partial charge in [-0.15, -0.1) is 0 Å². The number of nitrogens with one attached hydrogen (secondary N) is 1. The fourth-order valence-corrected chi connectivity index (χ4v) is 1.72. The van der Waals surface area contributed by atoms with E-state index in [9.17, 15) is 18.0 Å². The average molecular weight is 270 g/mol. The molecule has 0 spiro atoms. The van der Waals surface area contributed by atoms with Crippen molar-refractivity contribution in [1.82, 2.24) is 9.78 Å². The highest BCUT2D eigenvalue weighted by atomic mass is 19.4. The zero-order chi connectivity index (χ0) is 14.2. The predicted octanol–water partition coefficient (Wildman–Crippen LogP) is 3.31. The molecule has 2 aromatic rings. The summed E-state index contributed by atoms with van der Waals surface area (Å²) in [5.74, 6) is 0.0970. The molecule has 3 nitrogen and oxygen atoms in total. The van der Waals surface area contributed by atoms with Crippen LogP contribution in [0.2, 0.25) is 0 Å². The Morgan fingerprint density at radius 3 is 2.42 bits per heavy atom. The van der Waals surface area contributed by atoms with Crippen molar-refractivity contribution in [3.63, 3.8) is 0 Å². The van der Waals surface area contributed by atoms with Gasteiger partial charge in [0.25, 0.3) is 5.56 Å². The van der Waals surface area contributed by atoms with E-state index < -0.39 is 11.7 Å². The standard InChI is InChI=1S/C13H13F3N2O/c1-8(2)11-7-12(19)18(17-11)10-5-3-4-9(6-10)13(14,15)16/h3-8,17H,1-2H3. The molecule has 0 bridgehead atoms. The van der Waals surface area contributed by atoms with Crippen LogP contribution < -0.4 is 5.56 Å². The van der Waals surface area contributed by atoms with Gasteiger partial charge in [0.15, 0.2) is 0 Å². The predicted molar refractivity (Wildman–Crippen MR) is 65.5 cm³/mol. The van der Waals surface area contributed by atoms with Crippen LogP contribution in [0.1, 0.15) is 31.0 Å². The van der Waals surface area contributed by atoms with Gasteiger partial charge in [-0.3, -0.25) is 9.89 Å². The second-order valence-corrected chi connectivity index (χ2v) is 4.59. The molecule has 0 saturated carbocycles. The molecule has 102 valence electrons. The Morgan fingerprint density at radius 1 is 1.21 bits per heavy atom. The van der Waals surface area contributed by atoms with E-state index in [0.29, 0.717) is 5.69 Å². The third kappa shape index (κ3) is 2.72. The molecule has 0 aliphatic heterocycles. The Bertz CT molecular complexity index is 638. The zero-order valence-electron chi connectivity index (χ0n) is 10.5. The second kappa shape index (κ2) is 4.60. The van der Waals surface area contributed by atoms with E-state index in [1.807, 2.05) is 13.8 Å². The molecule has 1 heterocycles. The summed E-state index contributed by atoms with van der Waals surface area (Å²) in [7, 11) is 0. The smallest absolute Gasteiger partial charge is 0.295 e. The van der Waals surface area contributed by atoms with Gasteiger partial charge >= 0.3 is 6.18 Å². The molecule has 1 aromatic carbocycles. The number of H-pyrrole nitrogens is 1. The van der Waals surface area contributed by atoms with Crippen molar-refractivity contribution in [2.75, 3.05) is 0 Å². The van der Waals surface area contributed by atoms with E-state index in [4.69, 9.17) is 0 Å². The summed E-state index contributed by atoms with van der Waals surface area (Å²) in [4.78, 5) is 11.8. The maximum atomic E-state index is 12.6. The molecule has 0 unspecified atom stereocenters. The SMILES string of the molecule is CC(C)c1cc(=O)n(-c2cccc(C(F)(F)F)c2)[nH]1. The maximum Gasteiger partial charge on any atom is 0.416 e. The molecule has 0 aliphatic rings. The number of aromatic amines is 1.